The first-order chi connectivity index (χ1) is 7.22. The Bertz CT molecular complexity index is 292. The summed E-state index contributed by atoms with van der Waals surface area (Å²) in [5.74, 6) is 0.815. The van der Waals surface area contributed by atoms with Gasteiger partial charge in [0.2, 0.25) is 0 Å². The number of hydrogen-bond donors (Lipinski definition) is 1. The van der Waals surface area contributed by atoms with Crippen molar-refractivity contribution in [2.75, 3.05) is 33.0 Å². The largest absolute Gasteiger partial charge is 0.493 e. The van der Waals surface area contributed by atoms with Crippen LogP contribution in [0.4, 0.5) is 5.69 Å². The van der Waals surface area contributed by atoms with E-state index in [1.165, 1.54) is 0 Å². The molecule has 0 atom stereocenters. The molecule has 4 nitrogen and oxygen atoms in total. The van der Waals surface area contributed by atoms with Crippen LogP contribution < -0.4 is 10.5 Å². The number of nitrogens with zero attached hydrogens (tertiary/aromatic N) is 1. The van der Waals surface area contributed by atoms with Crippen molar-refractivity contribution >= 4 is 5.69 Å². The fourth-order valence-electron chi connectivity index (χ4n) is 1.17. The van der Waals surface area contributed by atoms with Gasteiger partial charge in [-0.3, -0.25) is 0 Å². The lowest BCUT2D eigenvalue weighted by Crippen LogP contribution is -2.19. The van der Waals surface area contributed by atoms with Gasteiger partial charge in [-0.05, 0) is 18.6 Å². The van der Waals surface area contributed by atoms with Crippen LogP contribution >= 0.6 is 0 Å². The molecule has 1 aromatic rings. The first kappa shape index (κ1) is 11.8. The van der Waals surface area contributed by atoms with Crippen LogP contribution in [-0.2, 0) is 4.84 Å². The second-order valence-electron chi connectivity index (χ2n) is 3.31. The van der Waals surface area contributed by atoms with Crippen LogP contribution in [0.1, 0.15) is 6.42 Å². The third-order valence-electron chi connectivity index (χ3n) is 2.06. The minimum atomic E-state index is 0.664. The van der Waals surface area contributed by atoms with E-state index in [-0.39, 0.29) is 0 Å². The highest BCUT2D eigenvalue weighted by atomic mass is 16.7. The Labute approximate surface area is 90.5 Å². The molecule has 0 heterocycles. The predicted octanol–water partition coefficient (Wildman–Crippen LogP) is 1.53. The summed E-state index contributed by atoms with van der Waals surface area (Å²) in [6, 6.07) is 7.44. The fourth-order valence-corrected chi connectivity index (χ4v) is 1.17. The van der Waals surface area contributed by atoms with Crippen molar-refractivity contribution in [1.82, 2.24) is 5.06 Å². The molecule has 1 aromatic carbocycles. The Morgan fingerprint density at radius 1 is 1.40 bits per heavy atom. The van der Waals surface area contributed by atoms with Gasteiger partial charge in [-0.25, -0.2) is 0 Å². The third-order valence-corrected chi connectivity index (χ3v) is 2.06. The summed E-state index contributed by atoms with van der Waals surface area (Å²) in [6.07, 6.45) is 0.916. The Hall–Kier alpha value is -1.26. The normalized spacial score (nSPS) is 10.6. The fraction of sp³-hybridized carbons (Fsp3) is 0.455. The van der Waals surface area contributed by atoms with Crippen LogP contribution in [0.3, 0.4) is 0 Å². The summed E-state index contributed by atoms with van der Waals surface area (Å²) in [6.45, 7) is 1.51. The van der Waals surface area contributed by atoms with E-state index in [2.05, 4.69) is 0 Å². The van der Waals surface area contributed by atoms with Gasteiger partial charge in [0.05, 0.1) is 13.7 Å². The standard InChI is InChI=1S/C11H18N2O2/c1-13(14-2)7-4-8-15-11-6-3-5-10(12)9-11/h3,5-6,9H,4,7-8,12H2,1-2H3. The molecule has 0 aromatic heterocycles. The van der Waals surface area contributed by atoms with Crippen LogP contribution in [-0.4, -0.2) is 32.4 Å². The lowest BCUT2D eigenvalue weighted by molar-refractivity contribution is -0.110. The molecule has 0 unspecified atom stereocenters. The molecule has 0 bridgehead atoms. The third kappa shape index (κ3) is 4.67. The van der Waals surface area contributed by atoms with E-state index in [9.17, 15) is 0 Å². The molecule has 4 heteroatoms. The zero-order chi connectivity index (χ0) is 11.1. The van der Waals surface area contributed by atoms with Crippen LogP contribution in [0.5, 0.6) is 5.75 Å². The summed E-state index contributed by atoms with van der Waals surface area (Å²) < 4.78 is 5.52. The lowest BCUT2D eigenvalue weighted by atomic mass is 10.3. The van der Waals surface area contributed by atoms with E-state index in [4.69, 9.17) is 15.3 Å². The first-order valence-electron chi connectivity index (χ1n) is 4.96. The molecule has 0 aliphatic carbocycles. The van der Waals surface area contributed by atoms with Crippen molar-refractivity contribution in [1.29, 1.82) is 0 Å². The van der Waals surface area contributed by atoms with Crippen LogP contribution in [0.25, 0.3) is 0 Å². The summed E-state index contributed by atoms with van der Waals surface area (Å²) in [5, 5.41) is 1.77. The maximum absolute atomic E-state index is 5.62. The monoisotopic (exact) mass is 210 g/mol. The van der Waals surface area contributed by atoms with Crippen LogP contribution in [0.15, 0.2) is 24.3 Å². The van der Waals surface area contributed by atoms with Crippen molar-refractivity contribution in [2.45, 2.75) is 6.42 Å². The van der Waals surface area contributed by atoms with E-state index in [0.717, 1.165) is 24.4 Å². The molecule has 0 fully saturated rings. The van der Waals surface area contributed by atoms with Gasteiger partial charge < -0.3 is 15.3 Å². The van der Waals surface area contributed by atoms with Gasteiger partial charge in [0, 0.05) is 25.3 Å². The van der Waals surface area contributed by atoms with Crippen molar-refractivity contribution in [2.24, 2.45) is 0 Å². The predicted molar refractivity (Wildman–Crippen MR) is 60.6 cm³/mol. The topological polar surface area (TPSA) is 47.7 Å². The van der Waals surface area contributed by atoms with Gasteiger partial charge >= 0.3 is 0 Å². The number of anilines is 1. The molecular formula is C11H18N2O2. The molecule has 0 amide bonds. The van der Waals surface area contributed by atoms with Crippen LogP contribution in [0, 0.1) is 0 Å². The highest BCUT2D eigenvalue weighted by molar-refractivity contribution is 5.43. The number of ether oxygens (including phenoxy) is 1. The number of hydroxylamine groups is 2. The molecule has 0 aliphatic rings. The molecule has 15 heavy (non-hydrogen) atoms. The van der Waals surface area contributed by atoms with Gasteiger partial charge in [-0.1, -0.05) is 6.07 Å². The average molecular weight is 210 g/mol. The maximum atomic E-state index is 5.62. The molecule has 0 radical (unpaired) electrons. The van der Waals surface area contributed by atoms with Crippen molar-refractivity contribution in [3.05, 3.63) is 24.3 Å². The summed E-state index contributed by atoms with van der Waals surface area (Å²) in [5.41, 5.74) is 6.35. The summed E-state index contributed by atoms with van der Waals surface area (Å²) >= 11 is 0. The Kier molecular flexibility index (Phi) is 4.93. The van der Waals surface area contributed by atoms with E-state index in [1.807, 2.05) is 31.3 Å². The van der Waals surface area contributed by atoms with E-state index in [0.29, 0.717) is 6.61 Å². The first-order valence-corrected chi connectivity index (χ1v) is 4.96. The molecule has 1 rings (SSSR count). The van der Waals surface area contributed by atoms with Crippen molar-refractivity contribution in [3.8, 4) is 5.75 Å². The molecule has 0 saturated heterocycles. The molecule has 84 valence electrons. The van der Waals surface area contributed by atoms with Gasteiger partial charge in [0.1, 0.15) is 5.75 Å². The Morgan fingerprint density at radius 3 is 2.87 bits per heavy atom. The van der Waals surface area contributed by atoms with Crippen molar-refractivity contribution in [3.63, 3.8) is 0 Å². The molecule has 0 saturated carbocycles. The zero-order valence-electron chi connectivity index (χ0n) is 9.27. The number of benzene rings is 1. The van der Waals surface area contributed by atoms with Crippen LogP contribution in [0.2, 0.25) is 0 Å². The molecule has 0 spiro atoms. The van der Waals surface area contributed by atoms with Gasteiger partial charge in [-0.2, -0.15) is 5.06 Å². The Balaban J connectivity index is 2.20. The van der Waals surface area contributed by atoms with Gasteiger partial charge in [-0.15, -0.1) is 0 Å². The number of hydrogen-bond acceptors (Lipinski definition) is 4. The van der Waals surface area contributed by atoms with Crippen molar-refractivity contribution < 1.29 is 9.57 Å². The number of nitrogens with two attached hydrogens (primary N) is 1. The smallest absolute Gasteiger partial charge is 0.121 e. The minimum absolute atomic E-state index is 0.664. The summed E-state index contributed by atoms with van der Waals surface area (Å²) in [4.78, 5) is 4.98. The van der Waals surface area contributed by atoms with E-state index in [1.54, 1.807) is 12.2 Å². The van der Waals surface area contributed by atoms with E-state index < -0.39 is 0 Å². The number of rotatable bonds is 6. The quantitative estimate of drug-likeness (QED) is 0.439. The SMILES string of the molecule is CON(C)CCCOc1cccc(N)c1. The lowest BCUT2D eigenvalue weighted by Gasteiger charge is -2.13. The maximum Gasteiger partial charge on any atom is 0.121 e. The molecule has 0 aliphatic heterocycles. The highest BCUT2D eigenvalue weighted by Gasteiger charge is 1.97. The Morgan fingerprint density at radius 2 is 2.20 bits per heavy atom. The highest BCUT2D eigenvalue weighted by Crippen LogP contribution is 2.14. The second kappa shape index (κ2) is 6.27. The van der Waals surface area contributed by atoms with Gasteiger partial charge in [0.25, 0.3) is 0 Å². The number of nitrogen functional groups attached to an aromatic ring is 1. The second-order valence-corrected chi connectivity index (χ2v) is 3.31. The molecular weight excluding hydrogens is 192 g/mol. The van der Waals surface area contributed by atoms with Gasteiger partial charge in [0.15, 0.2) is 0 Å². The zero-order valence-corrected chi connectivity index (χ0v) is 9.27. The summed E-state index contributed by atoms with van der Waals surface area (Å²) in [7, 11) is 3.54. The average Bonchev–Trinajstić information content (AvgIpc) is 2.24. The molecule has 2 N–H and O–H groups in total. The van der Waals surface area contributed by atoms with E-state index >= 15 is 0 Å². The minimum Gasteiger partial charge on any atom is -0.493 e.